The van der Waals surface area contributed by atoms with Gasteiger partial charge >= 0.3 is 0 Å². The highest BCUT2D eigenvalue weighted by molar-refractivity contribution is 6.21. The Kier molecular flexibility index (Phi) is 4.05. The third-order valence-electron chi connectivity index (χ3n) is 1.76. The first-order valence-corrected chi connectivity index (χ1v) is 3.77. The van der Waals surface area contributed by atoms with E-state index in [0.717, 1.165) is 0 Å². The zero-order valence-corrected chi connectivity index (χ0v) is 7.13. The van der Waals surface area contributed by atoms with Crippen LogP contribution in [0.2, 0.25) is 0 Å². The molecule has 0 saturated heterocycles. The lowest BCUT2D eigenvalue weighted by Crippen LogP contribution is -2.10. The maximum atomic E-state index is 11.2. The van der Waals surface area contributed by atoms with E-state index in [1.54, 1.807) is 19.1 Å². The average molecular weight is 178 g/mol. The van der Waals surface area contributed by atoms with Crippen molar-refractivity contribution in [3.05, 3.63) is 35.5 Å². The van der Waals surface area contributed by atoms with Crippen LogP contribution in [0.5, 0.6) is 0 Å². The number of hydrogen-bond acceptors (Lipinski definition) is 2. The van der Waals surface area contributed by atoms with Crippen LogP contribution in [0.1, 0.15) is 21.3 Å². The molecule has 0 aliphatic heterocycles. The Labute approximate surface area is 78.6 Å². The van der Waals surface area contributed by atoms with Crippen LogP contribution in [0.3, 0.4) is 0 Å². The Morgan fingerprint density at radius 3 is 2.23 bits per heavy atom. The van der Waals surface area contributed by atoms with E-state index in [9.17, 15) is 9.59 Å². The summed E-state index contributed by atoms with van der Waals surface area (Å²) in [4.78, 5) is 22.3. The summed E-state index contributed by atoms with van der Waals surface area (Å²) in [6.45, 7) is 3.48. The molecule has 0 bridgehead atoms. The summed E-state index contributed by atoms with van der Waals surface area (Å²) in [5, 5.41) is 0. The van der Waals surface area contributed by atoms with Gasteiger partial charge in [-0.05, 0) is 26.0 Å². The molecule has 1 rings (SSSR count). The molecule has 1 aliphatic carbocycles. The highest BCUT2D eigenvalue weighted by Gasteiger charge is 2.15. The Bertz CT molecular complexity index is 317. The van der Waals surface area contributed by atoms with Crippen LogP contribution in [0.15, 0.2) is 35.5 Å². The average Bonchev–Trinajstić information content (AvgIpc) is 2.06. The number of hydrogen-bond donors (Lipinski definition) is 0. The Morgan fingerprint density at radius 2 is 1.69 bits per heavy atom. The molecule has 0 aromatic carbocycles. The second kappa shape index (κ2) is 4.55. The van der Waals surface area contributed by atoms with E-state index < -0.39 is 0 Å². The maximum absolute atomic E-state index is 11.2. The molecule has 0 saturated carbocycles. The minimum absolute atomic E-state index is 0. The van der Waals surface area contributed by atoms with E-state index in [1.807, 2.05) is 6.92 Å². The summed E-state index contributed by atoms with van der Waals surface area (Å²) in [6.07, 6.45) is 6.04. The van der Waals surface area contributed by atoms with Crippen molar-refractivity contribution in [2.75, 3.05) is 0 Å². The van der Waals surface area contributed by atoms with Crippen LogP contribution in [-0.4, -0.2) is 11.6 Å². The largest absolute Gasteiger partial charge is 0.290 e. The third kappa shape index (κ3) is 2.25. The minimum Gasteiger partial charge on any atom is -0.290 e. The highest BCUT2D eigenvalue weighted by atomic mass is 16.1. The van der Waals surface area contributed by atoms with Crippen molar-refractivity contribution < 1.29 is 9.59 Å². The molecule has 0 unspecified atom stereocenters. The van der Waals surface area contributed by atoms with E-state index in [4.69, 9.17) is 0 Å². The molecule has 0 spiro atoms. The van der Waals surface area contributed by atoms with Crippen LogP contribution in [0.25, 0.3) is 0 Å². The summed E-state index contributed by atoms with van der Waals surface area (Å²) in [6, 6.07) is 0. The molecular formula is C11H14O2. The van der Waals surface area contributed by atoms with Gasteiger partial charge < -0.3 is 0 Å². The number of ketones is 2. The first-order chi connectivity index (χ1) is 5.66. The van der Waals surface area contributed by atoms with E-state index in [1.165, 1.54) is 12.2 Å². The molecule has 0 N–H and O–H groups in total. The summed E-state index contributed by atoms with van der Waals surface area (Å²) in [5.41, 5.74) is 1.03. The molecule has 2 heteroatoms. The van der Waals surface area contributed by atoms with Crippen LogP contribution < -0.4 is 0 Å². The number of carbonyl (C=O) groups excluding carboxylic acids is 2. The molecular weight excluding hydrogens is 164 g/mol. The maximum Gasteiger partial charge on any atom is 0.186 e. The molecule has 13 heavy (non-hydrogen) atoms. The monoisotopic (exact) mass is 178 g/mol. The third-order valence-corrected chi connectivity index (χ3v) is 1.76. The standard InChI is InChI=1S/C10H10O2.CH4/c1-3-4-8-7(2)9(11)5-6-10(8)12;/h3-6H,1-2H3;1H4/b4-3-;. The number of allylic oxidation sites excluding steroid dienone is 6. The fourth-order valence-electron chi connectivity index (χ4n) is 1.06. The molecule has 0 radical (unpaired) electrons. The Morgan fingerprint density at radius 1 is 1.15 bits per heavy atom. The van der Waals surface area contributed by atoms with Crippen LogP contribution in [0.4, 0.5) is 0 Å². The topological polar surface area (TPSA) is 34.1 Å². The molecule has 2 nitrogen and oxygen atoms in total. The van der Waals surface area contributed by atoms with E-state index >= 15 is 0 Å². The van der Waals surface area contributed by atoms with Gasteiger partial charge in [0.2, 0.25) is 0 Å². The molecule has 0 amide bonds. The van der Waals surface area contributed by atoms with Gasteiger partial charge in [0, 0.05) is 11.1 Å². The number of carbonyl (C=O) groups is 2. The Hall–Kier alpha value is -1.44. The molecule has 0 fully saturated rings. The van der Waals surface area contributed by atoms with Crippen molar-refractivity contribution in [1.82, 2.24) is 0 Å². The van der Waals surface area contributed by atoms with Crippen LogP contribution >= 0.6 is 0 Å². The van der Waals surface area contributed by atoms with E-state index in [-0.39, 0.29) is 19.0 Å². The van der Waals surface area contributed by atoms with Crippen LogP contribution in [0, 0.1) is 0 Å². The van der Waals surface area contributed by atoms with Gasteiger partial charge in [-0.25, -0.2) is 0 Å². The van der Waals surface area contributed by atoms with Crippen molar-refractivity contribution in [3.8, 4) is 0 Å². The van der Waals surface area contributed by atoms with Gasteiger partial charge in [0.1, 0.15) is 0 Å². The number of rotatable bonds is 1. The summed E-state index contributed by atoms with van der Waals surface area (Å²) >= 11 is 0. The lowest BCUT2D eigenvalue weighted by Gasteiger charge is -2.06. The fourth-order valence-corrected chi connectivity index (χ4v) is 1.06. The molecule has 0 atom stereocenters. The fraction of sp³-hybridized carbons (Fsp3) is 0.273. The van der Waals surface area contributed by atoms with Gasteiger partial charge in [0.05, 0.1) is 0 Å². The van der Waals surface area contributed by atoms with Gasteiger partial charge in [0.15, 0.2) is 11.6 Å². The van der Waals surface area contributed by atoms with Gasteiger partial charge in [-0.2, -0.15) is 0 Å². The molecule has 0 aromatic rings. The van der Waals surface area contributed by atoms with E-state index in [0.29, 0.717) is 11.1 Å². The van der Waals surface area contributed by atoms with Gasteiger partial charge in [-0.1, -0.05) is 19.6 Å². The van der Waals surface area contributed by atoms with Crippen molar-refractivity contribution in [3.63, 3.8) is 0 Å². The van der Waals surface area contributed by atoms with Gasteiger partial charge in [0.25, 0.3) is 0 Å². The van der Waals surface area contributed by atoms with Crippen LogP contribution in [-0.2, 0) is 9.59 Å². The van der Waals surface area contributed by atoms with Crippen molar-refractivity contribution in [2.45, 2.75) is 21.3 Å². The lowest BCUT2D eigenvalue weighted by atomic mass is 9.96. The first-order valence-electron chi connectivity index (χ1n) is 3.77. The summed E-state index contributed by atoms with van der Waals surface area (Å²) in [5.74, 6) is -0.173. The zero-order valence-electron chi connectivity index (χ0n) is 7.13. The second-order valence-corrected chi connectivity index (χ2v) is 2.60. The SMILES string of the molecule is C.C/C=C\C1=C(C)C(=O)C=CC1=O. The minimum atomic E-state index is -0.0924. The molecule has 70 valence electrons. The van der Waals surface area contributed by atoms with Crippen molar-refractivity contribution in [2.24, 2.45) is 0 Å². The summed E-state index contributed by atoms with van der Waals surface area (Å²) in [7, 11) is 0. The van der Waals surface area contributed by atoms with Gasteiger partial charge in [-0.15, -0.1) is 0 Å². The van der Waals surface area contributed by atoms with Gasteiger partial charge in [-0.3, -0.25) is 9.59 Å². The first kappa shape index (κ1) is 11.6. The quantitative estimate of drug-likeness (QED) is 0.577. The smallest absolute Gasteiger partial charge is 0.186 e. The second-order valence-electron chi connectivity index (χ2n) is 2.60. The predicted octanol–water partition coefficient (Wildman–Crippen LogP) is 2.22. The van der Waals surface area contributed by atoms with Crippen molar-refractivity contribution >= 4 is 11.6 Å². The zero-order chi connectivity index (χ0) is 9.14. The molecule has 1 aliphatic rings. The predicted molar refractivity (Wildman–Crippen MR) is 53.4 cm³/mol. The van der Waals surface area contributed by atoms with Crippen molar-refractivity contribution in [1.29, 1.82) is 0 Å². The highest BCUT2D eigenvalue weighted by Crippen LogP contribution is 2.14. The summed E-state index contributed by atoms with van der Waals surface area (Å²) < 4.78 is 0. The Balaban J connectivity index is 0.00000144. The molecule has 0 aromatic heterocycles. The lowest BCUT2D eigenvalue weighted by molar-refractivity contribution is -0.115. The van der Waals surface area contributed by atoms with E-state index in [2.05, 4.69) is 0 Å². The normalized spacial score (nSPS) is 16.8. The molecule has 0 heterocycles.